The quantitative estimate of drug-likeness (QED) is 0.887. The largest absolute Gasteiger partial charge is 0.508 e. The molecule has 0 aliphatic carbocycles. The average Bonchev–Trinajstić information content (AvgIpc) is 2.49. The first-order chi connectivity index (χ1) is 10.1. The van der Waals surface area contributed by atoms with Crippen molar-refractivity contribution in [3.05, 3.63) is 53.6 Å². The van der Waals surface area contributed by atoms with Gasteiger partial charge in [0.2, 0.25) is 0 Å². The van der Waals surface area contributed by atoms with Crippen LogP contribution in [0.25, 0.3) is 0 Å². The normalized spacial score (nSPS) is 10.2. The molecule has 0 unspecified atom stereocenters. The van der Waals surface area contributed by atoms with Crippen LogP contribution in [0.1, 0.15) is 11.1 Å². The molecule has 0 spiro atoms. The van der Waals surface area contributed by atoms with E-state index in [1.54, 1.807) is 44.6 Å². The summed E-state index contributed by atoms with van der Waals surface area (Å²) in [5, 5.41) is 9.22. The molecule has 0 saturated carbocycles. The second-order valence-corrected chi connectivity index (χ2v) is 4.75. The molecule has 0 aliphatic rings. The molecule has 0 fully saturated rings. The van der Waals surface area contributed by atoms with Crippen molar-refractivity contribution in [2.45, 2.75) is 12.8 Å². The third kappa shape index (κ3) is 3.99. The van der Waals surface area contributed by atoms with Crippen LogP contribution in [0, 0.1) is 0 Å². The van der Waals surface area contributed by atoms with Gasteiger partial charge in [-0.2, -0.15) is 0 Å². The smallest absolute Gasteiger partial charge is 0.161 e. The number of aromatic hydroxyl groups is 1. The highest BCUT2D eigenvalue weighted by Crippen LogP contribution is 2.27. The van der Waals surface area contributed by atoms with Gasteiger partial charge in [0.1, 0.15) is 11.5 Å². The molecule has 2 rings (SSSR count). The highest BCUT2D eigenvalue weighted by molar-refractivity contribution is 5.83. The van der Waals surface area contributed by atoms with Crippen molar-refractivity contribution < 1.29 is 19.4 Å². The summed E-state index contributed by atoms with van der Waals surface area (Å²) < 4.78 is 10.4. The maximum absolute atomic E-state index is 12.1. The number of ketones is 1. The molecule has 21 heavy (non-hydrogen) atoms. The third-order valence-electron chi connectivity index (χ3n) is 3.19. The number of benzene rings is 2. The van der Waals surface area contributed by atoms with Crippen molar-refractivity contribution >= 4 is 5.78 Å². The van der Waals surface area contributed by atoms with E-state index in [1.807, 2.05) is 12.1 Å². The van der Waals surface area contributed by atoms with Crippen LogP contribution in [-0.2, 0) is 17.6 Å². The van der Waals surface area contributed by atoms with Gasteiger partial charge in [0, 0.05) is 12.8 Å². The summed E-state index contributed by atoms with van der Waals surface area (Å²) in [4.78, 5) is 12.1. The molecule has 0 atom stereocenters. The van der Waals surface area contributed by atoms with Crippen molar-refractivity contribution in [3.8, 4) is 17.2 Å². The van der Waals surface area contributed by atoms with Crippen molar-refractivity contribution in [2.24, 2.45) is 0 Å². The fourth-order valence-electron chi connectivity index (χ4n) is 2.12. The Morgan fingerprint density at radius 3 is 2.10 bits per heavy atom. The highest BCUT2D eigenvalue weighted by atomic mass is 16.5. The number of hydrogen-bond acceptors (Lipinski definition) is 4. The SMILES string of the molecule is COc1ccc(CC(=O)Cc2ccc(O)cc2)cc1OC. The second kappa shape index (κ2) is 6.79. The Labute approximate surface area is 123 Å². The van der Waals surface area contributed by atoms with Gasteiger partial charge in [-0.3, -0.25) is 4.79 Å². The lowest BCUT2D eigenvalue weighted by atomic mass is 10.0. The maximum Gasteiger partial charge on any atom is 0.161 e. The van der Waals surface area contributed by atoms with E-state index in [0.717, 1.165) is 11.1 Å². The minimum atomic E-state index is 0.105. The standard InChI is InChI=1S/C17H18O4/c1-20-16-8-5-13(11-17(16)21-2)10-15(19)9-12-3-6-14(18)7-4-12/h3-8,11,18H,9-10H2,1-2H3. The summed E-state index contributed by atoms with van der Waals surface area (Å²) in [5.41, 5.74) is 1.77. The van der Waals surface area contributed by atoms with Gasteiger partial charge in [-0.1, -0.05) is 18.2 Å². The zero-order chi connectivity index (χ0) is 15.2. The van der Waals surface area contributed by atoms with Crippen LogP contribution in [-0.4, -0.2) is 25.1 Å². The van der Waals surface area contributed by atoms with E-state index in [4.69, 9.17) is 9.47 Å². The fourth-order valence-corrected chi connectivity index (χ4v) is 2.12. The average molecular weight is 286 g/mol. The number of phenolic OH excluding ortho intramolecular Hbond substituents is 1. The summed E-state index contributed by atoms with van der Waals surface area (Å²) >= 11 is 0. The molecule has 2 aromatic carbocycles. The second-order valence-electron chi connectivity index (χ2n) is 4.75. The molecule has 110 valence electrons. The van der Waals surface area contributed by atoms with Crippen LogP contribution >= 0.6 is 0 Å². The summed E-state index contributed by atoms with van der Waals surface area (Å²) in [7, 11) is 3.15. The summed E-state index contributed by atoms with van der Waals surface area (Å²) in [6, 6.07) is 12.1. The Morgan fingerprint density at radius 1 is 0.905 bits per heavy atom. The summed E-state index contributed by atoms with van der Waals surface area (Å²) in [6.07, 6.45) is 0.676. The Balaban J connectivity index is 2.04. The molecule has 0 saturated heterocycles. The van der Waals surface area contributed by atoms with Crippen LogP contribution in [0.2, 0.25) is 0 Å². The van der Waals surface area contributed by atoms with E-state index >= 15 is 0 Å². The minimum Gasteiger partial charge on any atom is -0.508 e. The molecule has 1 N–H and O–H groups in total. The number of carbonyl (C=O) groups is 1. The molecule has 0 bridgehead atoms. The van der Waals surface area contributed by atoms with Crippen molar-refractivity contribution in [1.29, 1.82) is 0 Å². The number of methoxy groups -OCH3 is 2. The topological polar surface area (TPSA) is 55.8 Å². The van der Waals surface area contributed by atoms with Gasteiger partial charge in [0.25, 0.3) is 0 Å². The first kappa shape index (κ1) is 14.9. The highest BCUT2D eigenvalue weighted by Gasteiger charge is 2.09. The molecular weight excluding hydrogens is 268 g/mol. The van der Waals surface area contributed by atoms with E-state index in [2.05, 4.69) is 0 Å². The minimum absolute atomic E-state index is 0.105. The predicted molar refractivity (Wildman–Crippen MR) is 80.1 cm³/mol. The lowest BCUT2D eigenvalue weighted by molar-refractivity contribution is -0.117. The van der Waals surface area contributed by atoms with Gasteiger partial charge in [0.15, 0.2) is 11.5 Å². The first-order valence-corrected chi connectivity index (χ1v) is 6.63. The molecule has 4 heteroatoms. The van der Waals surface area contributed by atoms with Crippen LogP contribution < -0.4 is 9.47 Å². The van der Waals surface area contributed by atoms with E-state index in [0.29, 0.717) is 24.3 Å². The van der Waals surface area contributed by atoms with Crippen LogP contribution in [0.15, 0.2) is 42.5 Å². The van der Waals surface area contributed by atoms with Crippen LogP contribution in [0.4, 0.5) is 0 Å². The van der Waals surface area contributed by atoms with Crippen molar-refractivity contribution in [2.75, 3.05) is 14.2 Å². The lowest BCUT2D eigenvalue weighted by Crippen LogP contribution is -2.06. The molecule has 0 aromatic heterocycles. The van der Waals surface area contributed by atoms with Gasteiger partial charge in [-0.15, -0.1) is 0 Å². The maximum atomic E-state index is 12.1. The van der Waals surface area contributed by atoms with Gasteiger partial charge < -0.3 is 14.6 Å². The van der Waals surface area contributed by atoms with Crippen LogP contribution in [0.3, 0.4) is 0 Å². The third-order valence-corrected chi connectivity index (χ3v) is 3.19. The zero-order valence-corrected chi connectivity index (χ0v) is 12.1. The molecule has 2 aromatic rings. The van der Waals surface area contributed by atoms with E-state index < -0.39 is 0 Å². The van der Waals surface area contributed by atoms with Crippen LogP contribution in [0.5, 0.6) is 17.2 Å². The van der Waals surface area contributed by atoms with Crippen molar-refractivity contribution in [1.82, 2.24) is 0 Å². The number of carbonyl (C=O) groups excluding carboxylic acids is 1. The molecule has 4 nitrogen and oxygen atoms in total. The molecular formula is C17H18O4. The van der Waals surface area contributed by atoms with Gasteiger partial charge in [0.05, 0.1) is 14.2 Å². The Kier molecular flexibility index (Phi) is 4.82. The van der Waals surface area contributed by atoms with E-state index in [9.17, 15) is 9.90 Å². The predicted octanol–water partition coefficient (Wildman–Crippen LogP) is 2.76. The number of ether oxygens (including phenoxy) is 2. The zero-order valence-electron chi connectivity index (χ0n) is 12.1. The number of hydrogen-bond donors (Lipinski definition) is 1. The summed E-state index contributed by atoms with van der Waals surface area (Å²) in [6.45, 7) is 0. The van der Waals surface area contributed by atoms with Gasteiger partial charge in [-0.25, -0.2) is 0 Å². The van der Waals surface area contributed by atoms with E-state index in [1.165, 1.54) is 0 Å². The molecule has 0 heterocycles. The van der Waals surface area contributed by atoms with Gasteiger partial charge in [-0.05, 0) is 35.4 Å². The fraction of sp³-hybridized carbons (Fsp3) is 0.235. The first-order valence-electron chi connectivity index (χ1n) is 6.63. The number of rotatable bonds is 6. The van der Waals surface area contributed by atoms with Crippen molar-refractivity contribution in [3.63, 3.8) is 0 Å². The van der Waals surface area contributed by atoms with E-state index in [-0.39, 0.29) is 11.5 Å². The summed E-state index contributed by atoms with van der Waals surface area (Å²) in [5.74, 6) is 1.57. The lowest BCUT2D eigenvalue weighted by Gasteiger charge is -2.09. The number of Topliss-reactive ketones (excluding diaryl/α,β-unsaturated/α-hetero) is 1. The Morgan fingerprint density at radius 2 is 1.48 bits per heavy atom. The molecule has 0 radical (unpaired) electrons. The Bertz CT molecular complexity index is 617. The Hall–Kier alpha value is -2.49. The number of phenols is 1. The van der Waals surface area contributed by atoms with Gasteiger partial charge >= 0.3 is 0 Å². The molecule has 0 amide bonds. The molecule has 0 aliphatic heterocycles. The monoisotopic (exact) mass is 286 g/mol.